The highest BCUT2D eigenvalue weighted by Crippen LogP contribution is 2.08. The zero-order chi connectivity index (χ0) is 16.7. The molecule has 9 nitrogen and oxygen atoms in total. The second-order valence-corrected chi connectivity index (χ2v) is 5.08. The Hall–Kier alpha value is -2.32. The zero-order valence-corrected chi connectivity index (χ0v) is 12.2. The van der Waals surface area contributed by atoms with Crippen molar-refractivity contribution in [1.82, 2.24) is 10.6 Å². The van der Waals surface area contributed by atoms with Gasteiger partial charge < -0.3 is 25.6 Å². The molecule has 0 aliphatic carbocycles. The molecule has 0 bridgehead atoms. The molecule has 0 aromatic heterocycles. The van der Waals surface area contributed by atoms with Gasteiger partial charge >= 0.3 is 24.1 Å². The van der Waals surface area contributed by atoms with Crippen molar-refractivity contribution in [3.8, 4) is 0 Å². The highest BCUT2D eigenvalue weighted by molar-refractivity contribution is 5.93. The van der Waals surface area contributed by atoms with E-state index in [1.54, 1.807) is 27.7 Å². The van der Waals surface area contributed by atoms with E-state index in [4.69, 9.17) is 10.2 Å². The first-order valence-corrected chi connectivity index (χ1v) is 6.30. The molecular formula is C12H20N2O7. The van der Waals surface area contributed by atoms with E-state index in [0.29, 0.717) is 0 Å². The Morgan fingerprint density at radius 2 is 1.05 bits per heavy atom. The van der Waals surface area contributed by atoms with Crippen molar-refractivity contribution in [2.24, 2.45) is 11.8 Å². The second kappa shape index (κ2) is 8.08. The van der Waals surface area contributed by atoms with Crippen molar-refractivity contribution < 1.29 is 34.1 Å². The number of ether oxygens (including phenoxy) is 1. The Morgan fingerprint density at radius 1 is 0.762 bits per heavy atom. The van der Waals surface area contributed by atoms with E-state index >= 15 is 0 Å². The van der Waals surface area contributed by atoms with Crippen molar-refractivity contribution >= 4 is 24.1 Å². The lowest BCUT2D eigenvalue weighted by atomic mass is 10.0. The van der Waals surface area contributed by atoms with E-state index in [9.17, 15) is 19.2 Å². The molecular weight excluding hydrogens is 284 g/mol. The van der Waals surface area contributed by atoms with Gasteiger partial charge in [-0.3, -0.25) is 0 Å². The molecule has 0 fully saturated rings. The van der Waals surface area contributed by atoms with Gasteiger partial charge in [-0.1, -0.05) is 27.7 Å². The van der Waals surface area contributed by atoms with Crippen LogP contribution in [0.25, 0.3) is 0 Å². The van der Waals surface area contributed by atoms with Gasteiger partial charge in [-0.05, 0) is 11.8 Å². The molecule has 2 atom stereocenters. The van der Waals surface area contributed by atoms with Crippen LogP contribution in [0.2, 0.25) is 0 Å². The Bertz CT molecular complexity index is 382. The SMILES string of the molecule is CC(C)[C@H](NC(=O)O)C(=O)OC(=O)[C@@H](NC(=O)O)C(C)C. The summed E-state index contributed by atoms with van der Waals surface area (Å²) in [5, 5.41) is 21.2. The standard InChI is InChI=1S/C12H20N2O7/c1-5(2)7(13-11(17)18)9(15)21-10(16)8(6(3)4)14-12(19)20/h5-8,13-14H,1-4H3,(H,17,18)(H,19,20)/t7-,8-/m0/s1. The maximum atomic E-state index is 11.8. The maximum Gasteiger partial charge on any atom is 0.405 e. The van der Waals surface area contributed by atoms with E-state index in [-0.39, 0.29) is 0 Å². The molecule has 0 spiro atoms. The summed E-state index contributed by atoms with van der Waals surface area (Å²) in [7, 11) is 0. The summed E-state index contributed by atoms with van der Waals surface area (Å²) in [5.41, 5.74) is 0. The molecule has 0 aliphatic heterocycles. The first kappa shape index (κ1) is 18.7. The third-order valence-electron chi connectivity index (χ3n) is 2.60. The summed E-state index contributed by atoms with van der Waals surface area (Å²) in [6.07, 6.45) is -2.86. The van der Waals surface area contributed by atoms with Crippen LogP contribution in [0, 0.1) is 11.8 Å². The van der Waals surface area contributed by atoms with Crippen LogP contribution >= 0.6 is 0 Å². The number of carboxylic acid groups (broad SMARTS) is 2. The van der Waals surface area contributed by atoms with Crippen LogP contribution in [0.15, 0.2) is 0 Å². The topological polar surface area (TPSA) is 142 Å². The maximum absolute atomic E-state index is 11.8. The van der Waals surface area contributed by atoms with Crippen LogP contribution < -0.4 is 10.6 Å². The molecule has 0 aliphatic rings. The summed E-state index contributed by atoms with van der Waals surface area (Å²) in [4.78, 5) is 44.8. The summed E-state index contributed by atoms with van der Waals surface area (Å²) in [6, 6.07) is -2.44. The number of amides is 2. The Morgan fingerprint density at radius 3 is 1.24 bits per heavy atom. The van der Waals surface area contributed by atoms with E-state index in [0.717, 1.165) is 0 Å². The van der Waals surface area contributed by atoms with E-state index in [1.807, 2.05) is 10.6 Å². The Balaban J connectivity index is 4.89. The molecule has 0 aromatic rings. The summed E-state index contributed by atoms with van der Waals surface area (Å²) >= 11 is 0. The van der Waals surface area contributed by atoms with Gasteiger partial charge in [-0.25, -0.2) is 19.2 Å². The largest absolute Gasteiger partial charge is 0.465 e. The third kappa shape index (κ3) is 6.59. The van der Waals surface area contributed by atoms with Gasteiger partial charge in [0.25, 0.3) is 0 Å². The molecule has 0 aromatic carbocycles. The molecule has 21 heavy (non-hydrogen) atoms. The lowest BCUT2D eigenvalue weighted by molar-refractivity contribution is -0.163. The lowest BCUT2D eigenvalue weighted by Gasteiger charge is -2.22. The fourth-order valence-corrected chi connectivity index (χ4v) is 1.49. The Kier molecular flexibility index (Phi) is 7.18. The Labute approximate surface area is 121 Å². The monoisotopic (exact) mass is 304 g/mol. The minimum Gasteiger partial charge on any atom is -0.465 e. The average Bonchev–Trinajstić information content (AvgIpc) is 2.31. The van der Waals surface area contributed by atoms with Gasteiger partial charge in [-0.15, -0.1) is 0 Å². The van der Waals surface area contributed by atoms with Gasteiger partial charge in [0.05, 0.1) is 0 Å². The lowest BCUT2D eigenvalue weighted by Crippen LogP contribution is -2.49. The molecule has 4 N–H and O–H groups in total. The highest BCUT2D eigenvalue weighted by Gasteiger charge is 2.32. The summed E-state index contributed by atoms with van der Waals surface area (Å²) < 4.78 is 4.57. The van der Waals surface area contributed by atoms with Crippen LogP contribution in [-0.4, -0.2) is 46.4 Å². The van der Waals surface area contributed by atoms with Crippen molar-refractivity contribution in [3.63, 3.8) is 0 Å². The fourth-order valence-electron chi connectivity index (χ4n) is 1.49. The van der Waals surface area contributed by atoms with Gasteiger partial charge in [0.15, 0.2) is 0 Å². The van der Waals surface area contributed by atoms with Gasteiger partial charge in [0.1, 0.15) is 12.1 Å². The number of carbonyl (C=O) groups is 4. The van der Waals surface area contributed by atoms with Crippen LogP contribution in [0.3, 0.4) is 0 Å². The number of hydrogen-bond acceptors (Lipinski definition) is 5. The third-order valence-corrected chi connectivity index (χ3v) is 2.60. The highest BCUT2D eigenvalue weighted by atomic mass is 16.6. The molecule has 0 saturated carbocycles. The van der Waals surface area contributed by atoms with Gasteiger partial charge in [0.2, 0.25) is 0 Å². The molecule has 120 valence electrons. The summed E-state index contributed by atoms with van der Waals surface area (Å²) in [5.74, 6) is -3.02. The number of esters is 2. The van der Waals surface area contributed by atoms with Gasteiger partial charge in [0, 0.05) is 0 Å². The molecule has 0 radical (unpaired) electrons. The number of rotatable bonds is 6. The van der Waals surface area contributed by atoms with Crippen LogP contribution in [0.5, 0.6) is 0 Å². The minimum atomic E-state index is -1.43. The van der Waals surface area contributed by atoms with E-state index in [2.05, 4.69) is 4.74 Å². The second-order valence-electron chi connectivity index (χ2n) is 5.08. The molecule has 0 rings (SSSR count). The quantitative estimate of drug-likeness (QED) is 0.416. The van der Waals surface area contributed by atoms with Crippen molar-refractivity contribution in [2.75, 3.05) is 0 Å². The van der Waals surface area contributed by atoms with Crippen LogP contribution in [0.1, 0.15) is 27.7 Å². The predicted molar refractivity (Wildman–Crippen MR) is 70.7 cm³/mol. The molecule has 9 heteroatoms. The van der Waals surface area contributed by atoms with Crippen molar-refractivity contribution in [1.29, 1.82) is 0 Å². The van der Waals surface area contributed by atoms with Crippen molar-refractivity contribution in [2.45, 2.75) is 39.8 Å². The van der Waals surface area contributed by atoms with E-state index in [1.165, 1.54) is 0 Å². The number of nitrogens with one attached hydrogen (secondary N) is 2. The smallest absolute Gasteiger partial charge is 0.405 e. The molecule has 0 unspecified atom stereocenters. The molecule has 0 saturated heterocycles. The van der Waals surface area contributed by atoms with Crippen LogP contribution in [0.4, 0.5) is 9.59 Å². The minimum absolute atomic E-state index is 0.439. The average molecular weight is 304 g/mol. The molecule has 2 amide bonds. The predicted octanol–water partition coefficient (Wildman–Crippen LogP) is 0.641. The summed E-state index contributed by atoms with van der Waals surface area (Å²) in [6.45, 7) is 6.28. The van der Waals surface area contributed by atoms with Crippen LogP contribution in [-0.2, 0) is 14.3 Å². The number of carbonyl (C=O) groups excluding carboxylic acids is 2. The number of hydrogen-bond donors (Lipinski definition) is 4. The van der Waals surface area contributed by atoms with E-state index < -0.39 is 48.0 Å². The van der Waals surface area contributed by atoms with Gasteiger partial charge in [-0.2, -0.15) is 0 Å². The fraction of sp³-hybridized carbons (Fsp3) is 0.667. The zero-order valence-electron chi connectivity index (χ0n) is 12.2. The molecule has 0 heterocycles. The normalized spacial score (nSPS) is 13.4. The first-order valence-electron chi connectivity index (χ1n) is 6.30. The van der Waals surface area contributed by atoms with Crippen molar-refractivity contribution in [3.05, 3.63) is 0 Å². The first-order chi connectivity index (χ1) is 9.56.